The second-order valence-electron chi connectivity index (χ2n) is 4.10. The third kappa shape index (κ3) is 2.55. The van der Waals surface area contributed by atoms with Crippen LogP contribution in [0, 0.1) is 0 Å². The number of aromatic carboxylic acids is 1. The van der Waals surface area contributed by atoms with E-state index in [1.807, 2.05) is 0 Å². The highest BCUT2D eigenvalue weighted by atomic mass is 79.9. The second-order valence-corrected chi connectivity index (χ2v) is 5.01. The molecule has 1 N–H and O–H groups in total. The number of carbonyl (C=O) groups is 1. The Morgan fingerprint density at radius 1 is 1.10 bits per heavy atom. The maximum Gasteiger partial charge on any atom is 0.335 e. The van der Waals surface area contributed by atoms with Crippen LogP contribution >= 0.6 is 15.9 Å². The zero-order valence-electron chi connectivity index (χ0n) is 10.1. The molecule has 102 valence electrons. The van der Waals surface area contributed by atoms with Crippen molar-refractivity contribution in [3.8, 4) is 23.0 Å². The minimum Gasteiger partial charge on any atom is -0.478 e. The topological polar surface area (TPSA) is 65.0 Å². The first-order valence-corrected chi connectivity index (χ1v) is 6.52. The molecular formula is C14H9BrO5. The average molecular weight is 337 g/mol. The van der Waals surface area contributed by atoms with Crippen molar-refractivity contribution >= 4 is 21.9 Å². The van der Waals surface area contributed by atoms with Crippen LogP contribution in [0.5, 0.6) is 23.0 Å². The lowest BCUT2D eigenvalue weighted by Crippen LogP contribution is -1.96. The molecule has 0 fully saturated rings. The van der Waals surface area contributed by atoms with Gasteiger partial charge < -0.3 is 19.3 Å². The largest absolute Gasteiger partial charge is 0.478 e. The van der Waals surface area contributed by atoms with Gasteiger partial charge in [-0.3, -0.25) is 0 Å². The van der Waals surface area contributed by atoms with Crippen LogP contribution in [0.25, 0.3) is 0 Å². The Kier molecular flexibility index (Phi) is 3.23. The molecule has 0 aromatic heterocycles. The molecule has 6 heteroatoms. The van der Waals surface area contributed by atoms with E-state index in [-0.39, 0.29) is 12.4 Å². The minimum absolute atomic E-state index is 0.148. The van der Waals surface area contributed by atoms with Gasteiger partial charge in [-0.25, -0.2) is 4.79 Å². The molecule has 2 aromatic carbocycles. The van der Waals surface area contributed by atoms with E-state index in [1.54, 1.807) is 24.3 Å². The van der Waals surface area contributed by atoms with E-state index in [0.29, 0.717) is 27.5 Å². The molecular weight excluding hydrogens is 328 g/mol. The Bertz CT molecular complexity index is 683. The first-order valence-electron chi connectivity index (χ1n) is 5.73. The second kappa shape index (κ2) is 5.05. The molecule has 2 aromatic rings. The summed E-state index contributed by atoms with van der Waals surface area (Å²) in [4.78, 5) is 11.0. The van der Waals surface area contributed by atoms with Crippen LogP contribution in [0.15, 0.2) is 40.9 Å². The summed E-state index contributed by atoms with van der Waals surface area (Å²) in [6, 6.07) is 9.83. The summed E-state index contributed by atoms with van der Waals surface area (Å²) in [5, 5.41) is 9.01. The summed E-state index contributed by atoms with van der Waals surface area (Å²) in [5.41, 5.74) is 0.148. The predicted octanol–water partition coefficient (Wildman–Crippen LogP) is 3.67. The average Bonchev–Trinajstić information content (AvgIpc) is 2.85. The molecule has 3 rings (SSSR count). The third-order valence-electron chi connectivity index (χ3n) is 2.70. The highest BCUT2D eigenvalue weighted by molar-refractivity contribution is 9.10. The molecule has 0 saturated carbocycles. The minimum atomic E-state index is -1.01. The van der Waals surface area contributed by atoms with E-state index in [4.69, 9.17) is 19.3 Å². The SMILES string of the molecule is O=C(O)c1cc(Br)cc(Oc2ccc3c(c2)OCO3)c1. The van der Waals surface area contributed by atoms with Gasteiger partial charge >= 0.3 is 5.97 Å². The fourth-order valence-electron chi connectivity index (χ4n) is 1.82. The summed E-state index contributed by atoms with van der Waals surface area (Å²) in [7, 11) is 0. The number of carboxylic acids is 1. The molecule has 1 heterocycles. The van der Waals surface area contributed by atoms with Gasteiger partial charge in [0.2, 0.25) is 6.79 Å². The molecule has 5 nitrogen and oxygen atoms in total. The summed E-state index contributed by atoms with van der Waals surface area (Å²) in [5.74, 6) is 1.23. The van der Waals surface area contributed by atoms with Gasteiger partial charge in [0, 0.05) is 10.5 Å². The number of ether oxygens (including phenoxy) is 3. The van der Waals surface area contributed by atoms with Gasteiger partial charge in [-0.05, 0) is 30.3 Å². The molecule has 0 aliphatic carbocycles. The monoisotopic (exact) mass is 336 g/mol. The predicted molar refractivity (Wildman–Crippen MR) is 73.7 cm³/mol. The van der Waals surface area contributed by atoms with Crippen LogP contribution in [-0.4, -0.2) is 17.9 Å². The van der Waals surface area contributed by atoms with Crippen molar-refractivity contribution in [2.45, 2.75) is 0 Å². The van der Waals surface area contributed by atoms with Crippen molar-refractivity contribution in [3.63, 3.8) is 0 Å². The Morgan fingerprint density at radius 3 is 2.70 bits per heavy atom. The van der Waals surface area contributed by atoms with Gasteiger partial charge in [0.05, 0.1) is 5.56 Å². The standard InChI is InChI=1S/C14H9BrO5/c15-9-3-8(14(16)17)4-11(5-9)20-10-1-2-12-13(6-10)19-7-18-12/h1-6H,7H2,(H,16,17). The number of benzene rings is 2. The van der Waals surface area contributed by atoms with Crippen molar-refractivity contribution in [2.75, 3.05) is 6.79 Å². The number of halogens is 1. The highest BCUT2D eigenvalue weighted by Crippen LogP contribution is 2.37. The first-order chi connectivity index (χ1) is 9.61. The van der Waals surface area contributed by atoms with Gasteiger partial charge in [0.15, 0.2) is 11.5 Å². The molecule has 1 aliphatic rings. The molecule has 1 aliphatic heterocycles. The number of carboxylic acid groups (broad SMARTS) is 1. The van der Waals surface area contributed by atoms with Crippen LogP contribution in [0.2, 0.25) is 0 Å². The molecule has 0 radical (unpaired) electrons. The van der Waals surface area contributed by atoms with Crippen molar-refractivity contribution < 1.29 is 24.1 Å². The lowest BCUT2D eigenvalue weighted by molar-refractivity contribution is 0.0696. The Labute approximate surface area is 122 Å². The summed E-state index contributed by atoms with van der Waals surface area (Å²) in [6.45, 7) is 0.193. The molecule has 0 amide bonds. The lowest BCUT2D eigenvalue weighted by atomic mass is 10.2. The van der Waals surface area contributed by atoms with Crippen molar-refractivity contribution in [3.05, 3.63) is 46.4 Å². The number of hydrogen-bond donors (Lipinski definition) is 1. The first kappa shape index (κ1) is 12.8. The lowest BCUT2D eigenvalue weighted by Gasteiger charge is -2.08. The zero-order chi connectivity index (χ0) is 14.1. The summed E-state index contributed by atoms with van der Waals surface area (Å²) < 4.78 is 16.7. The quantitative estimate of drug-likeness (QED) is 0.926. The van der Waals surface area contributed by atoms with Crippen LogP contribution in [0.3, 0.4) is 0 Å². The van der Waals surface area contributed by atoms with E-state index < -0.39 is 5.97 Å². The van der Waals surface area contributed by atoms with Crippen LogP contribution in [-0.2, 0) is 0 Å². The summed E-state index contributed by atoms with van der Waals surface area (Å²) in [6.07, 6.45) is 0. The van der Waals surface area contributed by atoms with Crippen molar-refractivity contribution in [2.24, 2.45) is 0 Å². The van der Waals surface area contributed by atoms with E-state index in [0.717, 1.165) is 0 Å². The highest BCUT2D eigenvalue weighted by Gasteiger charge is 2.14. The molecule has 0 atom stereocenters. The van der Waals surface area contributed by atoms with E-state index in [9.17, 15) is 4.79 Å². The fraction of sp³-hybridized carbons (Fsp3) is 0.0714. The number of rotatable bonds is 3. The van der Waals surface area contributed by atoms with Gasteiger partial charge in [-0.15, -0.1) is 0 Å². The molecule has 0 bridgehead atoms. The van der Waals surface area contributed by atoms with Crippen molar-refractivity contribution in [1.29, 1.82) is 0 Å². The Morgan fingerprint density at radius 2 is 1.90 bits per heavy atom. The molecule has 0 unspecified atom stereocenters. The smallest absolute Gasteiger partial charge is 0.335 e. The zero-order valence-corrected chi connectivity index (χ0v) is 11.7. The maximum atomic E-state index is 11.0. The van der Waals surface area contributed by atoms with Crippen LogP contribution < -0.4 is 14.2 Å². The molecule has 0 saturated heterocycles. The van der Waals surface area contributed by atoms with E-state index in [1.165, 1.54) is 12.1 Å². The number of hydrogen-bond acceptors (Lipinski definition) is 4. The van der Waals surface area contributed by atoms with Crippen LogP contribution in [0.4, 0.5) is 0 Å². The van der Waals surface area contributed by atoms with E-state index >= 15 is 0 Å². The van der Waals surface area contributed by atoms with E-state index in [2.05, 4.69) is 15.9 Å². The fourth-order valence-corrected chi connectivity index (χ4v) is 2.29. The number of fused-ring (bicyclic) bond motifs is 1. The van der Waals surface area contributed by atoms with Crippen molar-refractivity contribution in [1.82, 2.24) is 0 Å². The van der Waals surface area contributed by atoms with Crippen LogP contribution in [0.1, 0.15) is 10.4 Å². The summed E-state index contributed by atoms with van der Waals surface area (Å²) >= 11 is 3.26. The van der Waals surface area contributed by atoms with Gasteiger partial charge in [-0.1, -0.05) is 15.9 Å². The normalized spacial score (nSPS) is 12.2. The maximum absolute atomic E-state index is 11.0. The third-order valence-corrected chi connectivity index (χ3v) is 3.16. The Balaban J connectivity index is 1.89. The Hall–Kier alpha value is -2.21. The van der Waals surface area contributed by atoms with Gasteiger partial charge in [0.25, 0.3) is 0 Å². The van der Waals surface area contributed by atoms with Gasteiger partial charge in [-0.2, -0.15) is 0 Å². The molecule has 0 spiro atoms. The molecule has 20 heavy (non-hydrogen) atoms. The van der Waals surface area contributed by atoms with Gasteiger partial charge in [0.1, 0.15) is 11.5 Å².